The zero-order valence-corrected chi connectivity index (χ0v) is 11.8. The smallest absolute Gasteiger partial charge is 0.220 e. The molecule has 0 amide bonds. The Morgan fingerprint density at radius 1 is 1.47 bits per heavy atom. The molecule has 8 heteroatoms. The van der Waals surface area contributed by atoms with Crippen molar-refractivity contribution in [3.8, 4) is 0 Å². The quantitative estimate of drug-likeness (QED) is 0.430. The third-order valence-corrected chi connectivity index (χ3v) is 4.27. The Morgan fingerprint density at radius 3 is 2.47 bits per heavy atom. The third-order valence-electron chi connectivity index (χ3n) is 1.95. The highest BCUT2D eigenvalue weighted by Crippen LogP contribution is 2.07. The number of thiocarbonyl (C=S) groups is 1. The molecule has 0 heterocycles. The number of sulfonamides is 1. The average Bonchev–Trinajstić information content (AvgIpc) is 2.14. The van der Waals surface area contributed by atoms with Crippen LogP contribution in [-0.2, 0) is 14.8 Å². The maximum Gasteiger partial charge on any atom is 0.220 e. The van der Waals surface area contributed by atoms with E-state index in [1.807, 2.05) is 0 Å². The minimum absolute atomic E-state index is 0.0491. The summed E-state index contributed by atoms with van der Waals surface area (Å²) in [5.74, 6) is -0.333. The number of aliphatic hydroxyl groups excluding tert-OH is 1. The molecule has 0 spiro atoms. The summed E-state index contributed by atoms with van der Waals surface area (Å²) in [4.78, 5) is -0.0491. The van der Waals surface area contributed by atoms with E-state index in [0.717, 1.165) is 0 Å². The van der Waals surface area contributed by atoms with Crippen molar-refractivity contribution in [2.45, 2.75) is 19.9 Å². The third kappa shape index (κ3) is 6.89. The molecular weight excluding hydrogens is 264 g/mol. The fraction of sp³-hybridized carbons (Fsp3) is 0.889. The van der Waals surface area contributed by atoms with Crippen LogP contribution >= 0.6 is 12.2 Å². The van der Waals surface area contributed by atoms with Crippen molar-refractivity contribution in [2.75, 3.05) is 32.1 Å². The first-order chi connectivity index (χ1) is 7.81. The van der Waals surface area contributed by atoms with Crippen molar-refractivity contribution in [3.05, 3.63) is 0 Å². The lowest BCUT2D eigenvalue weighted by molar-refractivity contribution is 0.0828. The monoisotopic (exact) mass is 284 g/mol. The van der Waals surface area contributed by atoms with E-state index in [2.05, 4.69) is 12.2 Å². The molecule has 0 aromatic rings. The molecule has 0 rings (SSSR count). The molecule has 0 aliphatic carbocycles. The number of aliphatic hydroxyl groups is 1. The van der Waals surface area contributed by atoms with Crippen molar-refractivity contribution in [1.29, 1.82) is 0 Å². The summed E-state index contributed by atoms with van der Waals surface area (Å²) >= 11 is 4.61. The van der Waals surface area contributed by atoms with Crippen LogP contribution in [0, 0.1) is 0 Å². The summed E-state index contributed by atoms with van der Waals surface area (Å²) in [5, 5.41) is 8.53. The van der Waals surface area contributed by atoms with E-state index in [-0.39, 0.29) is 43.1 Å². The lowest BCUT2D eigenvalue weighted by Crippen LogP contribution is -2.43. The van der Waals surface area contributed by atoms with Crippen LogP contribution in [0.3, 0.4) is 0 Å². The lowest BCUT2D eigenvalue weighted by atomic mass is 10.4. The van der Waals surface area contributed by atoms with Crippen LogP contribution in [0.25, 0.3) is 0 Å². The molecule has 0 aromatic carbocycles. The van der Waals surface area contributed by atoms with Crippen LogP contribution < -0.4 is 5.73 Å². The summed E-state index contributed by atoms with van der Waals surface area (Å²) in [6, 6.07) is -0.188. The van der Waals surface area contributed by atoms with Gasteiger partial charge in [-0.15, -0.1) is 0 Å². The predicted octanol–water partition coefficient (Wildman–Crippen LogP) is -0.678. The van der Waals surface area contributed by atoms with Crippen molar-refractivity contribution < 1.29 is 18.3 Å². The second kappa shape index (κ2) is 7.93. The summed E-state index contributed by atoms with van der Waals surface area (Å²) in [7, 11) is -3.48. The number of hydrogen-bond donors (Lipinski definition) is 2. The Labute approximate surface area is 108 Å². The van der Waals surface area contributed by atoms with E-state index >= 15 is 0 Å². The molecular formula is C9H20N2O4S2. The van der Waals surface area contributed by atoms with Crippen molar-refractivity contribution in [2.24, 2.45) is 5.73 Å². The largest absolute Gasteiger partial charge is 0.394 e. The van der Waals surface area contributed by atoms with Gasteiger partial charge in [0.05, 0.1) is 24.8 Å². The number of rotatable bonds is 9. The van der Waals surface area contributed by atoms with Crippen LogP contribution in [-0.4, -0.2) is 61.0 Å². The van der Waals surface area contributed by atoms with Crippen molar-refractivity contribution in [3.63, 3.8) is 0 Å². The first-order valence-corrected chi connectivity index (χ1v) is 7.29. The Bertz CT molecular complexity index is 330. The summed E-state index contributed by atoms with van der Waals surface area (Å²) < 4.78 is 30.1. The summed E-state index contributed by atoms with van der Waals surface area (Å²) in [6.07, 6.45) is 0. The molecule has 102 valence electrons. The van der Waals surface area contributed by atoms with Gasteiger partial charge in [0.25, 0.3) is 0 Å². The molecule has 0 saturated heterocycles. The number of hydrogen-bond acceptors (Lipinski definition) is 5. The average molecular weight is 284 g/mol. The van der Waals surface area contributed by atoms with E-state index in [1.54, 1.807) is 13.8 Å². The SMILES string of the molecule is CC(C)N(CCOCCO)S(=O)(=O)CC(N)=S. The molecule has 0 aliphatic rings. The maximum absolute atomic E-state index is 11.9. The molecule has 0 fully saturated rings. The second-order valence-corrected chi connectivity index (χ2v) is 6.21. The number of nitrogens with zero attached hydrogens (tertiary/aromatic N) is 1. The minimum Gasteiger partial charge on any atom is -0.394 e. The Hall–Kier alpha value is -0.280. The Kier molecular flexibility index (Phi) is 7.80. The topological polar surface area (TPSA) is 92.9 Å². The predicted molar refractivity (Wildman–Crippen MR) is 70.3 cm³/mol. The van der Waals surface area contributed by atoms with Gasteiger partial charge in [0.15, 0.2) is 0 Å². The highest BCUT2D eigenvalue weighted by molar-refractivity contribution is 7.92. The van der Waals surface area contributed by atoms with Gasteiger partial charge in [0.2, 0.25) is 10.0 Å². The zero-order valence-electron chi connectivity index (χ0n) is 10.1. The second-order valence-electron chi connectivity index (χ2n) is 3.76. The van der Waals surface area contributed by atoms with E-state index in [0.29, 0.717) is 0 Å². The first-order valence-electron chi connectivity index (χ1n) is 5.27. The van der Waals surface area contributed by atoms with E-state index < -0.39 is 10.0 Å². The first kappa shape index (κ1) is 16.7. The van der Waals surface area contributed by atoms with Gasteiger partial charge in [-0.3, -0.25) is 0 Å². The highest BCUT2D eigenvalue weighted by Gasteiger charge is 2.25. The zero-order chi connectivity index (χ0) is 13.5. The van der Waals surface area contributed by atoms with Gasteiger partial charge in [-0.05, 0) is 13.8 Å². The molecule has 0 radical (unpaired) electrons. The molecule has 0 atom stereocenters. The fourth-order valence-corrected chi connectivity index (χ4v) is 3.27. The molecule has 3 N–H and O–H groups in total. The van der Waals surface area contributed by atoms with Gasteiger partial charge in [-0.1, -0.05) is 12.2 Å². The van der Waals surface area contributed by atoms with Gasteiger partial charge in [0.1, 0.15) is 5.75 Å². The molecule has 0 unspecified atom stereocenters. The van der Waals surface area contributed by atoms with Crippen LogP contribution in [0.15, 0.2) is 0 Å². The molecule has 0 saturated carbocycles. The van der Waals surface area contributed by atoms with E-state index in [9.17, 15) is 8.42 Å². The molecule has 0 bridgehead atoms. The number of ether oxygens (including phenoxy) is 1. The summed E-state index contributed by atoms with van der Waals surface area (Å²) in [6.45, 7) is 4.10. The van der Waals surface area contributed by atoms with Crippen molar-refractivity contribution >= 4 is 27.2 Å². The number of nitrogens with two attached hydrogens (primary N) is 1. The normalized spacial score (nSPS) is 12.3. The Balaban J connectivity index is 4.46. The molecule has 6 nitrogen and oxygen atoms in total. The van der Waals surface area contributed by atoms with Gasteiger partial charge in [0, 0.05) is 12.6 Å². The van der Waals surface area contributed by atoms with Crippen LogP contribution in [0.2, 0.25) is 0 Å². The molecule has 0 aromatic heterocycles. The van der Waals surface area contributed by atoms with Gasteiger partial charge >= 0.3 is 0 Å². The standard InChI is InChI=1S/C9H20N2O4S2/c1-8(2)11(3-5-15-6-4-12)17(13,14)7-9(10)16/h8,12H,3-7H2,1-2H3,(H2,10,16). The van der Waals surface area contributed by atoms with Gasteiger partial charge < -0.3 is 15.6 Å². The Morgan fingerprint density at radius 2 is 2.06 bits per heavy atom. The van der Waals surface area contributed by atoms with E-state index in [4.69, 9.17) is 15.6 Å². The van der Waals surface area contributed by atoms with Crippen molar-refractivity contribution in [1.82, 2.24) is 4.31 Å². The highest BCUT2D eigenvalue weighted by atomic mass is 32.2. The summed E-state index contributed by atoms with van der Waals surface area (Å²) in [5.41, 5.74) is 5.25. The molecule has 0 aliphatic heterocycles. The van der Waals surface area contributed by atoms with Crippen LogP contribution in [0.4, 0.5) is 0 Å². The lowest BCUT2D eigenvalue weighted by Gasteiger charge is -2.25. The van der Waals surface area contributed by atoms with Gasteiger partial charge in [-0.2, -0.15) is 4.31 Å². The fourth-order valence-electron chi connectivity index (χ4n) is 1.30. The minimum atomic E-state index is -3.48. The van der Waals surface area contributed by atoms with E-state index in [1.165, 1.54) is 4.31 Å². The van der Waals surface area contributed by atoms with Crippen LogP contribution in [0.1, 0.15) is 13.8 Å². The van der Waals surface area contributed by atoms with Gasteiger partial charge in [-0.25, -0.2) is 8.42 Å². The maximum atomic E-state index is 11.9. The van der Waals surface area contributed by atoms with Crippen LogP contribution in [0.5, 0.6) is 0 Å². The molecule has 17 heavy (non-hydrogen) atoms.